The smallest absolute Gasteiger partial charge is 0.159 e. The van der Waals surface area contributed by atoms with Crippen molar-refractivity contribution in [3.05, 3.63) is 42.2 Å². The second-order valence-corrected chi connectivity index (χ2v) is 9.13. The maximum Gasteiger partial charge on any atom is 0.159 e. The highest BCUT2D eigenvalue weighted by Gasteiger charge is 2.03. The zero-order valence-electron chi connectivity index (χ0n) is 20.8. The molecule has 0 radical (unpaired) electrons. The molecule has 1 aromatic heterocycles. The van der Waals surface area contributed by atoms with Crippen molar-refractivity contribution in [2.45, 2.75) is 117 Å². The van der Waals surface area contributed by atoms with Gasteiger partial charge in [-0.3, -0.25) is 0 Å². The lowest BCUT2D eigenvalue weighted by atomic mass is 10.1. The van der Waals surface area contributed by atoms with Crippen molar-refractivity contribution in [3.8, 4) is 17.1 Å². The van der Waals surface area contributed by atoms with Gasteiger partial charge < -0.3 is 4.74 Å². The van der Waals surface area contributed by atoms with Crippen LogP contribution >= 0.6 is 0 Å². The Kier molecular flexibility index (Phi) is 14.5. The largest absolute Gasteiger partial charge is 0.494 e. The van der Waals surface area contributed by atoms with Crippen LogP contribution in [0, 0.1) is 0 Å². The van der Waals surface area contributed by atoms with Crippen LogP contribution < -0.4 is 4.74 Å². The first-order chi connectivity index (χ1) is 15.8. The summed E-state index contributed by atoms with van der Waals surface area (Å²) in [7, 11) is 0. The van der Waals surface area contributed by atoms with Gasteiger partial charge in [-0.15, -0.1) is 0 Å². The molecular formula is C29H46N2O. The third-order valence-electron chi connectivity index (χ3n) is 6.15. The van der Waals surface area contributed by atoms with Crippen molar-refractivity contribution < 1.29 is 4.74 Å². The highest BCUT2D eigenvalue weighted by atomic mass is 16.5. The van der Waals surface area contributed by atoms with Crippen LogP contribution in [0.25, 0.3) is 11.4 Å². The van der Waals surface area contributed by atoms with Gasteiger partial charge in [-0.1, -0.05) is 97.3 Å². The number of nitrogens with zero attached hydrogens (tertiary/aromatic N) is 2. The van der Waals surface area contributed by atoms with E-state index in [1.165, 1.54) is 95.5 Å². The minimum Gasteiger partial charge on any atom is -0.494 e. The third-order valence-corrected chi connectivity index (χ3v) is 6.15. The maximum absolute atomic E-state index is 5.88. The quantitative estimate of drug-likeness (QED) is 0.205. The van der Waals surface area contributed by atoms with Gasteiger partial charge in [0.1, 0.15) is 5.75 Å². The molecule has 0 spiro atoms. The zero-order valence-corrected chi connectivity index (χ0v) is 20.8. The average Bonchev–Trinajstić information content (AvgIpc) is 2.83. The lowest BCUT2D eigenvalue weighted by Gasteiger charge is -2.07. The predicted octanol–water partition coefficient (Wildman–Crippen LogP) is 8.96. The molecule has 32 heavy (non-hydrogen) atoms. The molecule has 0 atom stereocenters. The van der Waals surface area contributed by atoms with E-state index in [1.807, 2.05) is 24.5 Å². The van der Waals surface area contributed by atoms with Gasteiger partial charge in [-0.05, 0) is 49.1 Å². The molecule has 0 N–H and O–H groups in total. The molecule has 0 aliphatic heterocycles. The van der Waals surface area contributed by atoms with E-state index in [1.54, 1.807) is 0 Å². The van der Waals surface area contributed by atoms with Crippen LogP contribution in [0.5, 0.6) is 5.75 Å². The number of unbranched alkanes of at least 4 members (excludes halogenated alkanes) is 13. The number of hydrogen-bond acceptors (Lipinski definition) is 3. The summed E-state index contributed by atoms with van der Waals surface area (Å²) in [5.74, 6) is 1.73. The molecule has 3 heteroatoms. The Hall–Kier alpha value is -1.90. The average molecular weight is 439 g/mol. The molecule has 0 aliphatic carbocycles. The van der Waals surface area contributed by atoms with Crippen molar-refractivity contribution in [1.82, 2.24) is 9.97 Å². The first kappa shape index (κ1) is 26.4. The molecule has 0 amide bonds. The summed E-state index contributed by atoms with van der Waals surface area (Å²) >= 11 is 0. The Morgan fingerprint density at radius 2 is 1.09 bits per heavy atom. The van der Waals surface area contributed by atoms with E-state index in [9.17, 15) is 0 Å². The van der Waals surface area contributed by atoms with Gasteiger partial charge in [0.05, 0.1) is 6.61 Å². The summed E-state index contributed by atoms with van der Waals surface area (Å²) in [6.07, 6.45) is 25.1. The summed E-state index contributed by atoms with van der Waals surface area (Å²) in [4.78, 5) is 9.19. The zero-order chi connectivity index (χ0) is 22.7. The van der Waals surface area contributed by atoms with Gasteiger partial charge in [0.25, 0.3) is 0 Å². The fourth-order valence-corrected chi connectivity index (χ4v) is 4.05. The third kappa shape index (κ3) is 11.6. The Morgan fingerprint density at radius 3 is 1.66 bits per heavy atom. The maximum atomic E-state index is 5.88. The lowest BCUT2D eigenvalue weighted by Crippen LogP contribution is -1.97. The van der Waals surface area contributed by atoms with E-state index in [4.69, 9.17) is 4.74 Å². The Morgan fingerprint density at radius 1 is 0.594 bits per heavy atom. The van der Waals surface area contributed by atoms with E-state index in [0.717, 1.165) is 36.6 Å². The van der Waals surface area contributed by atoms with E-state index >= 15 is 0 Å². The van der Waals surface area contributed by atoms with Gasteiger partial charge >= 0.3 is 0 Å². The molecule has 3 nitrogen and oxygen atoms in total. The fourth-order valence-electron chi connectivity index (χ4n) is 4.05. The Balaban J connectivity index is 1.60. The van der Waals surface area contributed by atoms with E-state index in [2.05, 4.69) is 35.9 Å². The van der Waals surface area contributed by atoms with E-state index < -0.39 is 0 Å². The summed E-state index contributed by atoms with van der Waals surface area (Å²) in [5.41, 5.74) is 2.29. The molecule has 1 aromatic carbocycles. The Labute approximate surface area is 197 Å². The van der Waals surface area contributed by atoms with Crippen molar-refractivity contribution in [2.24, 2.45) is 0 Å². The number of ether oxygens (including phenoxy) is 1. The van der Waals surface area contributed by atoms with Gasteiger partial charge in [-0.2, -0.15) is 0 Å². The molecule has 0 saturated carbocycles. The van der Waals surface area contributed by atoms with Gasteiger partial charge in [0, 0.05) is 18.0 Å². The van der Waals surface area contributed by atoms with E-state index in [0.29, 0.717) is 0 Å². The highest BCUT2D eigenvalue weighted by molar-refractivity contribution is 5.55. The summed E-state index contributed by atoms with van der Waals surface area (Å²) in [6, 6.07) is 8.19. The van der Waals surface area contributed by atoms with Gasteiger partial charge in [0.2, 0.25) is 0 Å². The minimum absolute atomic E-state index is 0.795. The number of aryl methyl sites for hydroxylation is 1. The van der Waals surface area contributed by atoms with Crippen LogP contribution in [0.2, 0.25) is 0 Å². The second kappa shape index (κ2) is 17.6. The van der Waals surface area contributed by atoms with Crippen LogP contribution in [0.15, 0.2) is 36.7 Å². The van der Waals surface area contributed by atoms with Crippen molar-refractivity contribution in [2.75, 3.05) is 6.61 Å². The minimum atomic E-state index is 0.795. The monoisotopic (exact) mass is 438 g/mol. The number of benzene rings is 1. The second-order valence-electron chi connectivity index (χ2n) is 9.13. The predicted molar refractivity (Wildman–Crippen MR) is 137 cm³/mol. The Bertz CT molecular complexity index is 681. The first-order valence-corrected chi connectivity index (χ1v) is 13.4. The molecule has 0 unspecified atom stereocenters. The summed E-state index contributed by atoms with van der Waals surface area (Å²) in [6.45, 7) is 5.33. The van der Waals surface area contributed by atoms with Crippen LogP contribution in [0.3, 0.4) is 0 Å². The number of aromatic nitrogens is 2. The van der Waals surface area contributed by atoms with Gasteiger partial charge in [-0.25, -0.2) is 9.97 Å². The van der Waals surface area contributed by atoms with Crippen molar-refractivity contribution in [3.63, 3.8) is 0 Å². The normalized spacial score (nSPS) is 11.1. The van der Waals surface area contributed by atoms with Crippen LogP contribution in [0.4, 0.5) is 0 Å². The van der Waals surface area contributed by atoms with Crippen molar-refractivity contribution in [1.29, 1.82) is 0 Å². The van der Waals surface area contributed by atoms with E-state index in [-0.39, 0.29) is 0 Å². The molecule has 2 rings (SSSR count). The topological polar surface area (TPSA) is 35.0 Å². The first-order valence-electron chi connectivity index (χ1n) is 13.4. The number of rotatable bonds is 19. The molecule has 178 valence electrons. The molecule has 1 heterocycles. The van der Waals surface area contributed by atoms with Crippen molar-refractivity contribution >= 4 is 0 Å². The van der Waals surface area contributed by atoms with Crippen LogP contribution in [-0.2, 0) is 6.42 Å². The van der Waals surface area contributed by atoms with Gasteiger partial charge in [0.15, 0.2) is 5.82 Å². The van der Waals surface area contributed by atoms with Crippen LogP contribution in [0.1, 0.15) is 116 Å². The SMILES string of the molecule is CCCCCCCCCCCc1cnc(-c2ccc(OCCCCCCCC)cc2)nc1. The highest BCUT2D eigenvalue weighted by Crippen LogP contribution is 2.20. The molecular weight excluding hydrogens is 392 g/mol. The molecule has 0 saturated heterocycles. The summed E-state index contributed by atoms with van der Waals surface area (Å²) in [5, 5.41) is 0. The molecule has 0 fully saturated rings. The molecule has 0 aliphatic rings. The fraction of sp³-hybridized carbons (Fsp3) is 0.655. The standard InChI is InChI=1S/C29H46N2O/c1-3-5-7-9-11-12-13-14-16-18-26-24-30-29(31-25-26)27-19-21-28(22-20-27)32-23-17-15-10-8-6-4-2/h19-22,24-25H,3-18,23H2,1-2H3. The summed E-state index contributed by atoms with van der Waals surface area (Å²) < 4.78 is 5.88. The molecule has 0 bridgehead atoms. The van der Waals surface area contributed by atoms with Crippen LogP contribution in [-0.4, -0.2) is 16.6 Å². The lowest BCUT2D eigenvalue weighted by molar-refractivity contribution is 0.304. The number of hydrogen-bond donors (Lipinski definition) is 0. The molecule has 2 aromatic rings.